The number of nitro benzene ring substituents is 1. The Morgan fingerprint density at radius 2 is 1.61 bits per heavy atom. The van der Waals surface area contributed by atoms with Crippen LogP contribution in [0.25, 0.3) is 0 Å². The lowest BCUT2D eigenvalue weighted by atomic mass is 9.75. The van der Waals surface area contributed by atoms with Crippen LogP contribution in [0.5, 0.6) is 0 Å². The average molecular weight is 494 g/mol. The SMILES string of the molecule is CN1C(=O)N(C)C(=O)C(Cc2ccc([N+](=O)[O-])cc2)(CN2C[C@@H]3C[C@H](C2)c2cccc(=O)n2C3)C1=O. The van der Waals surface area contributed by atoms with E-state index in [2.05, 4.69) is 4.90 Å². The molecule has 0 radical (unpaired) electrons. The molecular formula is C25H27N5O6. The first-order chi connectivity index (χ1) is 17.1. The molecule has 0 spiro atoms. The number of carbonyl (C=O) groups excluding carboxylic acids is 3. The number of fused-ring (bicyclic) bond motifs is 4. The van der Waals surface area contributed by atoms with E-state index in [1.54, 1.807) is 24.3 Å². The number of amides is 4. The zero-order chi connectivity index (χ0) is 25.8. The lowest BCUT2D eigenvalue weighted by Crippen LogP contribution is -2.67. The Morgan fingerprint density at radius 3 is 2.25 bits per heavy atom. The number of rotatable bonds is 5. The zero-order valence-electron chi connectivity index (χ0n) is 20.1. The van der Waals surface area contributed by atoms with Crippen LogP contribution in [-0.2, 0) is 22.6 Å². The standard InChI is InChI=1S/C25H27N5O6/c1-26-22(32)25(23(33)27(2)24(26)34,11-16-6-8-19(9-7-16)30(35)36)15-28-12-17-10-18(14-28)20-4-3-5-21(31)29(20)13-17/h3-9,17-18H,10-15H2,1-2H3/t17-,18+/m0/s1. The molecule has 0 N–H and O–H groups in total. The Labute approximate surface area is 207 Å². The van der Waals surface area contributed by atoms with Crippen molar-refractivity contribution >= 4 is 23.5 Å². The number of carbonyl (C=O) groups is 3. The first kappa shape index (κ1) is 23.9. The minimum atomic E-state index is -1.56. The summed E-state index contributed by atoms with van der Waals surface area (Å²) in [7, 11) is 2.73. The van der Waals surface area contributed by atoms with E-state index in [0.29, 0.717) is 25.2 Å². The first-order valence-corrected chi connectivity index (χ1v) is 11.9. The highest BCUT2D eigenvalue weighted by Gasteiger charge is 2.56. The molecule has 2 aromatic rings. The normalized spacial score (nSPS) is 23.6. The number of barbiturate groups is 1. The van der Waals surface area contributed by atoms with E-state index in [9.17, 15) is 29.3 Å². The van der Waals surface area contributed by atoms with E-state index in [1.807, 2.05) is 10.6 Å². The molecule has 1 aromatic heterocycles. The molecule has 2 atom stereocenters. The summed E-state index contributed by atoms with van der Waals surface area (Å²) in [6, 6.07) is 10.4. The van der Waals surface area contributed by atoms with Crippen molar-refractivity contribution in [2.75, 3.05) is 33.7 Å². The van der Waals surface area contributed by atoms with Crippen LogP contribution in [0.1, 0.15) is 23.6 Å². The highest BCUT2D eigenvalue weighted by atomic mass is 16.6. The summed E-state index contributed by atoms with van der Waals surface area (Å²) < 4.78 is 1.82. The van der Waals surface area contributed by atoms with Crippen LogP contribution in [0.2, 0.25) is 0 Å². The highest BCUT2D eigenvalue weighted by molar-refractivity contribution is 6.19. The lowest BCUT2D eigenvalue weighted by Gasteiger charge is -2.48. The van der Waals surface area contributed by atoms with E-state index in [-0.39, 0.29) is 36.0 Å². The van der Waals surface area contributed by atoms with Gasteiger partial charge in [-0.15, -0.1) is 0 Å². The fourth-order valence-electron chi connectivity index (χ4n) is 6.07. The van der Waals surface area contributed by atoms with Crippen LogP contribution in [-0.4, -0.2) is 75.8 Å². The van der Waals surface area contributed by atoms with Crippen molar-refractivity contribution < 1.29 is 19.3 Å². The third kappa shape index (κ3) is 3.79. The molecule has 3 aliphatic heterocycles. The van der Waals surface area contributed by atoms with Gasteiger partial charge in [0.15, 0.2) is 0 Å². The Balaban J connectivity index is 1.49. The number of urea groups is 1. The number of benzene rings is 1. The topological polar surface area (TPSA) is 126 Å². The van der Waals surface area contributed by atoms with Gasteiger partial charge in [0.05, 0.1) is 4.92 Å². The van der Waals surface area contributed by atoms with Crippen molar-refractivity contribution in [2.24, 2.45) is 11.3 Å². The van der Waals surface area contributed by atoms with E-state index >= 15 is 0 Å². The van der Waals surface area contributed by atoms with Crippen molar-refractivity contribution in [2.45, 2.75) is 25.3 Å². The first-order valence-electron chi connectivity index (χ1n) is 11.9. The number of hydrogen-bond acceptors (Lipinski definition) is 7. The number of nitro groups is 1. The summed E-state index contributed by atoms with van der Waals surface area (Å²) in [6.45, 7) is 1.87. The maximum Gasteiger partial charge on any atom is 0.332 e. The highest BCUT2D eigenvalue weighted by Crippen LogP contribution is 2.39. The lowest BCUT2D eigenvalue weighted by molar-refractivity contribution is -0.384. The van der Waals surface area contributed by atoms with Gasteiger partial charge < -0.3 is 9.47 Å². The molecule has 11 nitrogen and oxygen atoms in total. The summed E-state index contributed by atoms with van der Waals surface area (Å²) in [5.74, 6) is -0.880. The molecule has 4 heterocycles. The third-order valence-corrected chi connectivity index (χ3v) is 7.70. The largest absolute Gasteiger partial charge is 0.332 e. The van der Waals surface area contributed by atoms with Crippen LogP contribution < -0.4 is 5.56 Å². The van der Waals surface area contributed by atoms with Crippen molar-refractivity contribution in [1.82, 2.24) is 19.3 Å². The molecule has 5 rings (SSSR count). The molecule has 2 fully saturated rings. The molecule has 36 heavy (non-hydrogen) atoms. The molecule has 0 saturated carbocycles. The van der Waals surface area contributed by atoms with Crippen LogP contribution in [0.3, 0.4) is 0 Å². The van der Waals surface area contributed by atoms with Gasteiger partial charge in [0, 0.05) is 70.1 Å². The Bertz CT molecular complexity index is 1290. The molecule has 188 valence electrons. The number of hydrogen-bond donors (Lipinski definition) is 0. The molecular weight excluding hydrogens is 466 g/mol. The van der Waals surface area contributed by atoms with Crippen molar-refractivity contribution in [1.29, 1.82) is 0 Å². The molecule has 3 aliphatic rings. The minimum absolute atomic E-state index is 0.00645. The monoisotopic (exact) mass is 493 g/mol. The predicted molar refractivity (Wildman–Crippen MR) is 128 cm³/mol. The molecule has 0 unspecified atom stereocenters. The van der Waals surface area contributed by atoms with Crippen LogP contribution in [0, 0.1) is 21.4 Å². The summed E-state index contributed by atoms with van der Waals surface area (Å²) in [5.41, 5.74) is -0.123. The van der Waals surface area contributed by atoms with Gasteiger partial charge in [0.2, 0.25) is 11.8 Å². The minimum Gasteiger partial charge on any atom is -0.312 e. The Hall–Kier alpha value is -3.86. The van der Waals surface area contributed by atoms with Crippen molar-refractivity contribution in [3.8, 4) is 0 Å². The average Bonchev–Trinajstić information content (AvgIpc) is 2.86. The number of piperidine rings is 1. The molecule has 4 amide bonds. The molecule has 2 bridgehead atoms. The number of aromatic nitrogens is 1. The van der Waals surface area contributed by atoms with Gasteiger partial charge in [-0.1, -0.05) is 18.2 Å². The fraction of sp³-hybridized carbons (Fsp3) is 0.440. The van der Waals surface area contributed by atoms with Crippen LogP contribution in [0.4, 0.5) is 10.5 Å². The van der Waals surface area contributed by atoms with Gasteiger partial charge in [-0.3, -0.25) is 34.3 Å². The Morgan fingerprint density at radius 1 is 0.944 bits per heavy atom. The van der Waals surface area contributed by atoms with Gasteiger partial charge >= 0.3 is 6.03 Å². The number of likely N-dealkylation sites (tertiary alicyclic amines) is 1. The summed E-state index contributed by atoms with van der Waals surface area (Å²) >= 11 is 0. The number of non-ortho nitro benzene ring substituents is 1. The second-order valence-corrected chi connectivity index (χ2v) is 10.1. The number of nitrogens with zero attached hydrogens (tertiary/aromatic N) is 5. The van der Waals surface area contributed by atoms with E-state index in [4.69, 9.17) is 0 Å². The summed E-state index contributed by atoms with van der Waals surface area (Å²) in [6.07, 6.45) is 0.933. The predicted octanol–water partition coefficient (Wildman–Crippen LogP) is 1.46. The van der Waals surface area contributed by atoms with Gasteiger partial charge in [-0.25, -0.2) is 4.79 Å². The second-order valence-electron chi connectivity index (χ2n) is 10.1. The van der Waals surface area contributed by atoms with E-state index < -0.39 is 28.2 Å². The van der Waals surface area contributed by atoms with E-state index in [0.717, 1.165) is 21.9 Å². The van der Waals surface area contributed by atoms with Crippen LogP contribution >= 0.6 is 0 Å². The third-order valence-electron chi connectivity index (χ3n) is 7.70. The zero-order valence-corrected chi connectivity index (χ0v) is 20.1. The molecule has 11 heteroatoms. The molecule has 1 aromatic carbocycles. The van der Waals surface area contributed by atoms with Crippen molar-refractivity contribution in [3.05, 3.63) is 74.2 Å². The second kappa shape index (κ2) is 8.66. The van der Waals surface area contributed by atoms with Gasteiger partial charge in [0.1, 0.15) is 5.41 Å². The van der Waals surface area contributed by atoms with Gasteiger partial charge in [-0.2, -0.15) is 0 Å². The maximum absolute atomic E-state index is 13.6. The quantitative estimate of drug-likeness (QED) is 0.351. The molecule has 0 aliphatic carbocycles. The number of pyridine rings is 1. The van der Waals surface area contributed by atoms with E-state index in [1.165, 1.54) is 26.2 Å². The fourth-order valence-corrected chi connectivity index (χ4v) is 6.07. The summed E-state index contributed by atoms with van der Waals surface area (Å²) in [5, 5.41) is 11.1. The maximum atomic E-state index is 13.6. The smallest absolute Gasteiger partial charge is 0.312 e. The summed E-state index contributed by atoms with van der Waals surface area (Å²) in [4.78, 5) is 66.8. The van der Waals surface area contributed by atoms with Gasteiger partial charge in [0.25, 0.3) is 11.2 Å². The van der Waals surface area contributed by atoms with Gasteiger partial charge in [-0.05, 0) is 30.4 Å². The number of imide groups is 2. The van der Waals surface area contributed by atoms with Crippen molar-refractivity contribution in [3.63, 3.8) is 0 Å². The molecule has 2 saturated heterocycles. The Kier molecular flexibility index (Phi) is 5.74. The van der Waals surface area contributed by atoms with Crippen LogP contribution in [0.15, 0.2) is 47.3 Å².